The number of rotatable bonds is 2. The molecule has 1 aromatic rings. The molecule has 0 saturated heterocycles. The molecule has 0 radical (unpaired) electrons. The number of halogens is 1. The van der Waals surface area contributed by atoms with Gasteiger partial charge in [0.1, 0.15) is 0 Å². The summed E-state index contributed by atoms with van der Waals surface area (Å²) in [6, 6.07) is 7.20. The van der Waals surface area contributed by atoms with Crippen LogP contribution in [0.15, 0.2) is 22.7 Å². The van der Waals surface area contributed by atoms with E-state index >= 15 is 0 Å². The molecule has 1 aliphatic rings. The van der Waals surface area contributed by atoms with Crippen molar-refractivity contribution in [2.75, 3.05) is 5.32 Å². The smallest absolute Gasteiger partial charge is 0.0375 e. The van der Waals surface area contributed by atoms with Gasteiger partial charge in [-0.3, -0.25) is 0 Å². The third-order valence-electron chi connectivity index (χ3n) is 2.94. The highest BCUT2D eigenvalue weighted by atomic mass is 79.9. The number of hydrogen-bond donors (Lipinski definition) is 1. The third-order valence-corrected chi connectivity index (χ3v) is 3.44. The zero-order valence-electron chi connectivity index (χ0n) is 9.39. The Morgan fingerprint density at radius 3 is 3.00 bits per heavy atom. The molecule has 0 spiro atoms. The Morgan fingerprint density at radius 1 is 1.47 bits per heavy atom. The fraction of sp³-hybridized carbons (Fsp3) is 0.538. The summed E-state index contributed by atoms with van der Waals surface area (Å²) in [4.78, 5) is 0. The monoisotopic (exact) mass is 267 g/mol. The predicted octanol–water partition coefficient (Wildman–Crippen LogP) is 4.22. The van der Waals surface area contributed by atoms with Crippen LogP contribution in [0.1, 0.15) is 32.3 Å². The van der Waals surface area contributed by atoms with Crippen LogP contribution in [0.5, 0.6) is 0 Å². The second kappa shape index (κ2) is 4.56. The summed E-state index contributed by atoms with van der Waals surface area (Å²) in [5.74, 6) is 0.777. The van der Waals surface area contributed by atoms with E-state index in [2.05, 4.69) is 53.3 Å². The maximum Gasteiger partial charge on any atom is 0.0375 e. The lowest BCUT2D eigenvalue weighted by Gasteiger charge is -2.28. The van der Waals surface area contributed by atoms with Crippen LogP contribution in [0, 0.1) is 5.92 Å². The zero-order chi connectivity index (χ0) is 10.8. The Bertz CT molecular complexity index is 346. The minimum atomic E-state index is 0.665. The van der Waals surface area contributed by atoms with Crippen molar-refractivity contribution in [3.05, 3.63) is 28.2 Å². The predicted molar refractivity (Wildman–Crippen MR) is 69.3 cm³/mol. The molecule has 1 aromatic carbocycles. The third kappa shape index (κ3) is 2.75. The Kier molecular flexibility index (Phi) is 3.35. The normalized spacial score (nSPS) is 19.9. The van der Waals surface area contributed by atoms with E-state index in [-0.39, 0.29) is 0 Å². The first-order chi connectivity index (χ1) is 7.15. The number of anilines is 1. The van der Waals surface area contributed by atoms with E-state index in [1.54, 1.807) is 0 Å². The molecule has 1 heterocycles. The van der Waals surface area contributed by atoms with E-state index in [1.807, 2.05) is 0 Å². The van der Waals surface area contributed by atoms with Crippen LogP contribution in [0.3, 0.4) is 0 Å². The number of hydrogen-bond acceptors (Lipinski definition) is 1. The first-order valence-electron chi connectivity index (χ1n) is 5.70. The summed E-state index contributed by atoms with van der Waals surface area (Å²) in [5, 5.41) is 3.63. The van der Waals surface area contributed by atoms with Crippen LogP contribution < -0.4 is 5.32 Å². The first-order valence-corrected chi connectivity index (χ1v) is 6.49. The van der Waals surface area contributed by atoms with Gasteiger partial charge >= 0.3 is 0 Å². The van der Waals surface area contributed by atoms with Crippen molar-refractivity contribution in [3.8, 4) is 0 Å². The van der Waals surface area contributed by atoms with E-state index in [1.165, 1.54) is 35.0 Å². The van der Waals surface area contributed by atoms with E-state index in [0.717, 1.165) is 5.92 Å². The summed E-state index contributed by atoms with van der Waals surface area (Å²) < 4.78 is 1.19. The van der Waals surface area contributed by atoms with E-state index in [0.29, 0.717) is 6.04 Å². The molecule has 0 aromatic heterocycles. The molecule has 2 heteroatoms. The van der Waals surface area contributed by atoms with Crippen LogP contribution >= 0.6 is 15.9 Å². The van der Waals surface area contributed by atoms with Gasteiger partial charge in [-0.15, -0.1) is 0 Å². The van der Waals surface area contributed by atoms with Crippen LogP contribution in [0.2, 0.25) is 0 Å². The summed E-state index contributed by atoms with van der Waals surface area (Å²) in [6.07, 6.45) is 3.75. The van der Waals surface area contributed by atoms with Gasteiger partial charge in [0.15, 0.2) is 0 Å². The molecule has 1 unspecified atom stereocenters. The number of nitrogens with one attached hydrogen (secondary N) is 1. The molecule has 1 aliphatic heterocycles. The second-order valence-electron chi connectivity index (χ2n) is 4.81. The highest BCUT2D eigenvalue weighted by Crippen LogP contribution is 2.29. The van der Waals surface area contributed by atoms with Gasteiger partial charge in [0.25, 0.3) is 0 Å². The van der Waals surface area contributed by atoms with Gasteiger partial charge in [-0.05, 0) is 48.9 Å². The van der Waals surface area contributed by atoms with Crippen molar-refractivity contribution in [2.24, 2.45) is 5.92 Å². The summed E-state index contributed by atoms with van der Waals surface area (Å²) >= 11 is 3.52. The van der Waals surface area contributed by atoms with Crippen LogP contribution in [0.25, 0.3) is 0 Å². The van der Waals surface area contributed by atoms with Gasteiger partial charge in [0.2, 0.25) is 0 Å². The van der Waals surface area contributed by atoms with Crippen LogP contribution in [0.4, 0.5) is 5.69 Å². The van der Waals surface area contributed by atoms with Gasteiger partial charge < -0.3 is 5.32 Å². The molecule has 0 saturated carbocycles. The quantitative estimate of drug-likeness (QED) is 0.846. The summed E-state index contributed by atoms with van der Waals surface area (Å²) in [5.41, 5.74) is 2.78. The molecule has 0 amide bonds. The molecule has 0 fully saturated rings. The van der Waals surface area contributed by atoms with Gasteiger partial charge in [-0.25, -0.2) is 0 Å². The van der Waals surface area contributed by atoms with E-state index < -0.39 is 0 Å². The van der Waals surface area contributed by atoms with Gasteiger partial charge in [-0.2, -0.15) is 0 Å². The van der Waals surface area contributed by atoms with Crippen molar-refractivity contribution in [2.45, 2.75) is 39.2 Å². The van der Waals surface area contributed by atoms with E-state index in [4.69, 9.17) is 0 Å². The average Bonchev–Trinajstić information content (AvgIpc) is 2.17. The maximum atomic E-state index is 3.63. The zero-order valence-corrected chi connectivity index (χ0v) is 11.0. The molecule has 0 bridgehead atoms. The van der Waals surface area contributed by atoms with Gasteiger partial charge in [0.05, 0.1) is 0 Å². The Balaban J connectivity index is 2.10. The van der Waals surface area contributed by atoms with Gasteiger partial charge in [0, 0.05) is 16.2 Å². The largest absolute Gasteiger partial charge is 0.382 e. The molecule has 0 aliphatic carbocycles. The molecular weight excluding hydrogens is 250 g/mol. The lowest BCUT2D eigenvalue weighted by atomic mass is 9.93. The fourth-order valence-electron chi connectivity index (χ4n) is 2.28. The number of benzene rings is 1. The minimum Gasteiger partial charge on any atom is -0.382 e. The summed E-state index contributed by atoms with van der Waals surface area (Å²) in [7, 11) is 0. The van der Waals surface area contributed by atoms with E-state index in [9.17, 15) is 0 Å². The Labute approximate surface area is 100 Å². The first kappa shape index (κ1) is 11.0. The molecule has 15 heavy (non-hydrogen) atoms. The average molecular weight is 268 g/mol. The molecule has 1 nitrogen and oxygen atoms in total. The maximum absolute atomic E-state index is 3.63. The SMILES string of the molecule is CC(C)CC1CCc2cc(Br)ccc2N1. The standard InChI is InChI=1S/C13H18BrN/c1-9(2)7-12-5-3-10-8-11(14)4-6-13(10)15-12/h4,6,8-9,12,15H,3,5,7H2,1-2H3. The highest BCUT2D eigenvalue weighted by molar-refractivity contribution is 9.10. The second-order valence-corrected chi connectivity index (χ2v) is 5.73. The van der Waals surface area contributed by atoms with Crippen LogP contribution in [-0.4, -0.2) is 6.04 Å². The van der Waals surface area contributed by atoms with Crippen molar-refractivity contribution >= 4 is 21.6 Å². The highest BCUT2D eigenvalue weighted by Gasteiger charge is 2.18. The lowest BCUT2D eigenvalue weighted by molar-refractivity contribution is 0.487. The molecular formula is C13H18BrN. The topological polar surface area (TPSA) is 12.0 Å². The Hall–Kier alpha value is -0.500. The minimum absolute atomic E-state index is 0.665. The molecule has 82 valence electrons. The number of fused-ring (bicyclic) bond motifs is 1. The molecule has 2 rings (SSSR count). The van der Waals surface area contributed by atoms with Crippen LogP contribution in [-0.2, 0) is 6.42 Å². The molecule has 1 atom stereocenters. The fourth-order valence-corrected chi connectivity index (χ4v) is 2.69. The van der Waals surface area contributed by atoms with Gasteiger partial charge in [-0.1, -0.05) is 29.8 Å². The number of aryl methyl sites for hydroxylation is 1. The van der Waals surface area contributed by atoms with Crippen molar-refractivity contribution in [1.82, 2.24) is 0 Å². The van der Waals surface area contributed by atoms with Crippen molar-refractivity contribution in [1.29, 1.82) is 0 Å². The summed E-state index contributed by atoms with van der Waals surface area (Å²) in [6.45, 7) is 4.58. The molecule has 1 N–H and O–H groups in total. The van der Waals surface area contributed by atoms with Crippen molar-refractivity contribution < 1.29 is 0 Å². The Morgan fingerprint density at radius 2 is 2.27 bits per heavy atom. The lowest BCUT2D eigenvalue weighted by Crippen LogP contribution is -2.26. The van der Waals surface area contributed by atoms with Crippen molar-refractivity contribution in [3.63, 3.8) is 0 Å².